The van der Waals surface area contributed by atoms with Crippen LogP contribution in [0.1, 0.15) is 6.42 Å². The molecule has 1 N–H and O–H groups in total. The Bertz CT molecular complexity index is 210. The molecule has 0 spiro atoms. The molecule has 0 aliphatic heterocycles. The zero-order valence-electron chi connectivity index (χ0n) is 9.06. The summed E-state index contributed by atoms with van der Waals surface area (Å²) in [5.41, 5.74) is 0. The third kappa shape index (κ3) is 7.21. The Morgan fingerprint density at radius 2 is 2.13 bits per heavy atom. The van der Waals surface area contributed by atoms with Crippen LogP contribution in [-0.2, 0) is 14.3 Å². The average molecular weight is 235 g/mol. The van der Waals surface area contributed by atoms with E-state index >= 15 is 0 Å². The number of carboxylic acids is 1. The first kappa shape index (κ1) is 14.2. The zero-order chi connectivity index (χ0) is 11.7. The summed E-state index contributed by atoms with van der Waals surface area (Å²) >= 11 is 1.56. The predicted molar refractivity (Wildman–Crippen MR) is 59.1 cm³/mol. The molecule has 15 heavy (non-hydrogen) atoms. The van der Waals surface area contributed by atoms with Crippen LogP contribution in [0.25, 0.3) is 0 Å². The van der Waals surface area contributed by atoms with Gasteiger partial charge < -0.3 is 14.7 Å². The Kier molecular flexibility index (Phi) is 8.12. The van der Waals surface area contributed by atoms with Gasteiger partial charge in [0.15, 0.2) is 0 Å². The normalized spacial score (nSPS) is 10.0. The molecule has 0 saturated carbocycles. The Labute approximate surface area is 93.8 Å². The highest BCUT2D eigenvalue weighted by atomic mass is 32.2. The average Bonchev–Trinajstić information content (AvgIpc) is 2.20. The van der Waals surface area contributed by atoms with Crippen molar-refractivity contribution in [2.45, 2.75) is 6.42 Å². The third-order valence-corrected chi connectivity index (χ3v) is 2.38. The van der Waals surface area contributed by atoms with Crippen LogP contribution in [0.5, 0.6) is 0 Å². The second kappa shape index (κ2) is 8.55. The van der Waals surface area contributed by atoms with Crippen molar-refractivity contribution in [3.05, 3.63) is 0 Å². The Hall–Kier alpha value is -0.750. The summed E-state index contributed by atoms with van der Waals surface area (Å²) in [5.74, 6) is -0.422. The molecule has 88 valence electrons. The van der Waals surface area contributed by atoms with E-state index in [2.05, 4.69) is 0 Å². The molecule has 0 aliphatic carbocycles. The fourth-order valence-electron chi connectivity index (χ4n) is 1.00. The number of hydrogen-bond acceptors (Lipinski definition) is 4. The summed E-state index contributed by atoms with van der Waals surface area (Å²) < 4.78 is 4.82. The summed E-state index contributed by atoms with van der Waals surface area (Å²) in [4.78, 5) is 23.4. The zero-order valence-corrected chi connectivity index (χ0v) is 9.88. The van der Waals surface area contributed by atoms with Crippen LogP contribution in [0.3, 0.4) is 0 Å². The lowest BCUT2D eigenvalue weighted by atomic mass is 10.3. The van der Waals surface area contributed by atoms with E-state index in [4.69, 9.17) is 9.84 Å². The van der Waals surface area contributed by atoms with Crippen LogP contribution in [0.15, 0.2) is 0 Å². The molecule has 0 atom stereocenters. The minimum atomic E-state index is -0.997. The van der Waals surface area contributed by atoms with E-state index in [1.165, 1.54) is 12.0 Å². The summed E-state index contributed by atoms with van der Waals surface area (Å²) in [7, 11) is 1.52. The monoisotopic (exact) mass is 235 g/mol. The van der Waals surface area contributed by atoms with Crippen LogP contribution < -0.4 is 0 Å². The van der Waals surface area contributed by atoms with Gasteiger partial charge in [-0.15, -0.1) is 0 Å². The largest absolute Gasteiger partial charge is 0.480 e. The number of thioether (sulfide) groups is 1. The molecule has 0 fully saturated rings. The van der Waals surface area contributed by atoms with Gasteiger partial charge in [-0.2, -0.15) is 11.8 Å². The summed E-state index contributed by atoms with van der Waals surface area (Å²) in [5, 5.41) is 8.62. The fraction of sp³-hybridized carbons (Fsp3) is 0.778. The number of methoxy groups -OCH3 is 1. The van der Waals surface area contributed by atoms with Crippen LogP contribution in [-0.4, -0.2) is 60.7 Å². The molecule has 0 heterocycles. The van der Waals surface area contributed by atoms with Gasteiger partial charge in [0.1, 0.15) is 6.54 Å². The van der Waals surface area contributed by atoms with Crippen LogP contribution >= 0.6 is 11.8 Å². The van der Waals surface area contributed by atoms with Gasteiger partial charge >= 0.3 is 5.97 Å². The molecule has 0 unspecified atom stereocenters. The number of carbonyl (C=O) groups excluding carboxylic acids is 1. The van der Waals surface area contributed by atoms with E-state index in [0.29, 0.717) is 25.3 Å². The van der Waals surface area contributed by atoms with E-state index in [-0.39, 0.29) is 12.5 Å². The van der Waals surface area contributed by atoms with E-state index in [1.807, 2.05) is 6.26 Å². The maximum absolute atomic E-state index is 11.5. The van der Waals surface area contributed by atoms with Crippen molar-refractivity contribution in [2.75, 3.05) is 38.8 Å². The molecule has 0 saturated heterocycles. The van der Waals surface area contributed by atoms with Crippen molar-refractivity contribution in [1.29, 1.82) is 0 Å². The molecule has 0 rings (SSSR count). The van der Waals surface area contributed by atoms with Gasteiger partial charge in [0.2, 0.25) is 5.91 Å². The standard InChI is InChI=1S/C9H17NO4S/c1-14-5-4-10(7-9(12)13)8(11)3-6-15-2/h3-7H2,1-2H3,(H,12,13). The molecule has 0 bridgehead atoms. The highest BCUT2D eigenvalue weighted by Crippen LogP contribution is 2.00. The second-order valence-corrected chi connectivity index (χ2v) is 3.93. The van der Waals surface area contributed by atoms with Gasteiger partial charge in [0.05, 0.1) is 6.61 Å². The van der Waals surface area contributed by atoms with E-state index in [1.54, 1.807) is 11.8 Å². The van der Waals surface area contributed by atoms with Crippen molar-refractivity contribution in [1.82, 2.24) is 4.90 Å². The summed E-state index contributed by atoms with van der Waals surface area (Å²) in [6.45, 7) is 0.435. The molecular weight excluding hydrogens is 218 g/mol. The van der Waals surface area contributed by atoms with Gasteiger partial charge in [-0.05, 0) is 6.26 Å². The number of carboxylic acid groups (broad SMARTS) is 1. The number of hydrogen-bond donors (Lipinski definition) is 1. The highest BCUT2D eigenvalue weighted by molar-refractivity contribution is 7.98. The predicted octanol–water partition coefficient (Wildman–Crippen LogP) is 0.299. The van der Waals surface area contributed by atoms with E-state index in [0.717, 1.165) is 0 Å². The topological polar surface area (TPSA) is 66.8 Å². The van der Waals surface area contributed by atoms with Crippen molar-refractivity contribution >= 4 is 23.6 Å². The minimum absolute atomic E-state index is 0.135. The molecule has 0 aromatic carbocycles. The van der Waals surface area contributed by atoms with Gasteiger partial charge in [-0.1, -0.05) is 0 Å². The maximum atomic E-state index is 11.5. The number of rotatable bonds is 8. The van der Waals surface area contributed by atoms with Crippen molar-refractivity contribution in [3.8, 4) is 0 Å². The molecule has 1 amide bonds. The van der Waals surface area contributed by atoms with Crippen molar-refractivity contribution < 1.29 is 19.4 Å². The minimum Gasteiger partial charge on any atom is -0.480 e. The number of aliphatic carboxylic acids is 1. The van der Waals surface area contributed by atoms with E-state index < -0.39 is 5.97 Å². The first-order valence-electron chi connectivity index (χ1n) is 4.59. The van der Waals surface area contributed by atoms with Crippen LogP contribution in [0, 0.1) is 0 Å². The molecule has 0 aliphatic rings. The second-order valence-electron chi connectivity index (χ2n) is 2.94. The fourth-order valence-corrected chi connectivity index (χ4v) is 1.38. The molecule has 0 aromatic rings. The summed E-state index contributed by atoms with van der Waals surface area (Å²) in [6.07, 6.45) is 2.28. The number of amides is 1. The Morgan fingerprint density at radius 1 is 1.47 bits per heavy atom. The van der Waals surface area contributed by atoms with Gasteiger partial charge in [-0.25, -0.2) is 0 Å². The van der Waals surface area contributed by atoms with Crippen LogP contribution in [0.4, 0.5) is 0 Å². The van der Waals surface area contributed by atoms with Gasteiger partial charge in [0, 0.05) is 25.8 Å². The van der Waals surface area contributed by atoms with E-state index in [9.17, 15) is 9.59 Å². The van der Waals surface area contributed by atoms with Gasteiger partial charge in [0.25, 0.3) is 0 Å². The lowest BCUT2D eigenvalue weighted by molar-refractivity contribution is -0.144. The maximum Gasteiger partial charge on any atom is 0.323 e. The van der Waals surface area contributed by atoms with Gasteiger partial charge in [-0.3, -0.25) is 9.59 Å². The lowest BCUT2D eigenvalue weighted by Gasteiger charge is -2.19. The molecular formula is C9H17NO4S. The smallest absolute Gasteiger partial charge is 0.323 e. The molecule has 5 nitrogen and oxygen atoms in total. The Balaban J connectivity index is 4.07. The van der Waals surface area contributed by atoms with Crippen molar-refractivity contribution in [3.63, 3.8) is 0 Å². The summed E-state index contributed by atoms with van der Waals surface area (Å²) in [6, 6.07) is 0. The number of nitrogens with zero attached hydrogens (tertiary/aromatic N) is 1. The number of ether oxygens (including phenoxy) is 1. The SMILES string of the molecule is COCCN(CC(=O)O)C(=O)CCSC. The van der Waals surface area contributed by atoms with Crippen LogP contribution in [0.2, 0.25) is 0 Å². The first-order valence-corrected chi connectivity index (χ1v) is 5.98. The quantitative estimate of drug-likeness (QED) is 0.655. The Morgan fingerprint density at radius 3 is 2.60 bits per heavy atom. The first-order chi connectivity index (χ1) is 7.11. The third-order valence-electron chi connectivity index (χ3n) is 1.76. The van der Waals surface area contributed by atoms with Crippen molar-refractivity contribution in [2.24, 2.45) is 0 Å². The molecule has 0 radical (unpaired) electrons. The lowest BCUT2D eigenvalue weighted by Crippen LogP contribution is -2.38. The number of carbonyl (C=O) groups is 2. The molecule has 6 heteroatoms. The molecule has 0 aromatic heterocycles. The highest BCUT2D eigenvalue weighted by Gasteiger charge is 2.15.